The molecule has 4 aromatic rings. The van der Waals surface area contributed by atoms with Crippen molar-refractivity contribution in [2.24, 2.45) is 0 Å². The van der Waals surface area contributed by atoms with Crippen LogP contribution < -0.4 is 16.0 Å². The number of amides is 2. The molecule has 0 fully saturated rings. The monoisotopic (exact) mass is 611 g/mol. The van der Waals surface area contributed by atoms with Crippen molar-refractivity contribution < 1.29 is 23.5 Å². The molecule has 0 spiro atoms. The average Bonchev–Trinajstić information content (AvgIpc) is 2.95. The maximum Gasteiger partial charge on any atom is 0.407 e. The molecule has 0 aliphatic heterocycles. The highest BCUT2D eigenvalue weighted by Gasteiger charge is 2.17. The average molecular weight is 612 g/mol. The first-order valence-electron chi connectivity index (χ1n) is 15.0. The van der Waals surface area contributed by atoms with Crippen molar-refractivity contribution in [2.75, 3.05) is 17.2 Å². The first-order valence-corrected chi connectivity index (χ1v) is 15.0. The third-order valence-electron chi connectivity index (χ3n) is 6.56. The molecule has 8 heteroatoms. The van der Waals surface area contributed by atoms with Gasteiger partial charge in [-0.05, 0) is 125 Å². The largest absolute Gasteiger partial charge is 0.444 e. The summed E-state index contributed by atoms with van der Waals surface area (Å²) in [6.45, 7) is 11.9. The van der Waals surface area contributed by atoms with Crippen LogP contribution in [0.1, 0.15) is 63.0 Å². The van der Waals surface area contributed by atoms with Crippen molar-refractivity contribution in [2.45, 2.75) is 65.7 Å². The summed E-state index contributed by atoms with van der Waals surface area (Å²) in [4.78, 5) is 25.9. The van der Waals surface area contributed by atoms with Gasteiger partial charge in [0, 0.05) is 29.2 Å². The first kappa shape index (κ1) is 33.2. The molecular weight excluding hydrogens is 569 g/mol. The van der Waals surface area contributed by atoms with Crippen LogP contribution in [0.2, 0.25) is 0 Å². The summed E-state index contributed by atoms with van der Waals surface area (Å²) in [7, 11) is 0. The van der Waals surface area contributed by atoms with Gasteiger partial charge in [-0.3, -0.25) is 4.79 Å². The summed E-state index contributed by atoms with van der Waals surface area (Å²) >= 11 is 0. The van der Waals surface area contributed by atoms with Crippen molar-refractivity contribution in [3.8, 4) is 11.1 Å². The second-order valence-electron chi connectivity index (χ2n) is 12.8. The number of ether oxygens (including phenoxy) is 2. The lowest BCUT2D eigenvalue weighted by Gasteiger charge is -2.20. The smallest absolute Gasteiger partial charge is 0.407 e. The van der Waals surface area contributed by atoms with Gasteiger partial charge in [0.1, 0.15) is 11.4 Å². The Morgan fingerprint density at radius 3 is 2.16 bits per heavy atom. The van der Waals surface area contributed by atoms with Gasteiger partial charge < -0.3 is 25.4 Å². The zero-order valence-electron chi connectivity index (χ0n) is 26.8. The number of para-hydroxylation sites is 2. The Balaban J connectivity index is 1.63. The third-order valence-corrected chi connectivity index (χ3v) is 6.56. The SMILES string of the molecule is CC(C)(C)OCCc1ccccc1NC(=O)c1cc(Nc2ccccc2)cc(-c2cc(F)cc(CNC(=O)OC(C)(C)C)c2)c1. The lowest BCUT2D eigenvalue weighted by atomic mass is 9.99. The zero-order chi connectivity index (χ0) is 32.6. The molecule has 0 heterocycles. The normalized spacial score (nSPS) is 11.5. The van der Waals surface area contributed by atoms with Gasteiger partial charge in [-0.15, -0.1) is 0 Å². The third kappa shape index (κ3) is 10.8. The first-order chi connectivity index (χ1) is 21.2. The maximum atomic E-state index is 14.9. The standard InChI is InChI=1S/C37H42FN3O4/c1-36(2,3)44-17-16-26-12-10-11-15-33(26)41-34(42)29-20-28(22-32(23-29)40-31-13-8-7-9-14-31)27-18-25(19-30(38)21-27)24-39-35(43)45-37(4,5)6/h7-15,18-23,40H,16-17,24H2,1-6H3,(H,39,43)(H,41,42). The van der Waals surface area contributed by atoms with E-state index in [1.807, 2.05) is 81.4 Å². The van der Waals surface area contributed by atoms with E-state index in [4.69, 9.17) is 9.47 Å². The number of hydrogen-bond donors (Lipinski definition) is 3. The molecule has 7 nitrogen and oxygen atoms in total. The van der Waals surface area contributed by atoms with E-state index in [1.165, 1.54) is 12.1 Å². The molecule has 0 saturated carbocycles. The highest BCUT2D eigenvalue weighted by atomic mass is 19.1. The van der Waals surface area contributed by atoms with Gasteiger partial charge in [0.25, 0.3) is 5.91 Å². The summed E-state index contributed by atoms with van der Waals surface area (Å²) in [5.41, 5.74) is 4.38. The zero-order valence-corrected chi connectivity index (χ0v) is 26.8. The number of hydrogen-bond acceptors (Lipinski definition) is 5. The topological polar surface area (TPSA) is 88.7 Å². The van der Waals surface area contributed by atoms with Crippen LogP contribution >= 0.6 is 0 Å². The van der Waals surface area contributed by atoms with Crippen molar-refractivity contribution in [1.29, 1.82) is 0 Å². The van der Waals surface area contributed by atoms with Gasteiger partial charge >= 0.3 is 6.09 Å². The fourth-order valence-corrected chi connectivity index (χ4v) is 4.62. The number of alkyl carbamates (subject to hydrolysis) is 1. The number of rotatable bonds is 10. The van der Waals surface area contributed by atoms with Gasteiger partial charge in [-0.1, -0.05) is 36.4 Å². The van der Waals surface area contributed by atoms with Crippen LogP contribution in [-0.2, 0) is 22.4 Å². The molecule has 236 valence electrons. The Hall–Kier alpha value is -4.69. The van der Waals surface area contributed by atoms with Gasteiger partial charge in [0.05, 0.1) is 12.2 Å². The van der Waals surface area contributed by atoms with Gasteiger partial charge in [-0.2, -0.15) is 0 Å². The molecule has 0 aliphatic rings. The summed E-state index contributed by atoms with van der Waals surface area (Å²) in [6, 6.07) is 27.2. The minimum absolute atomic E-state index is 0.0741. The van der Waals surface area contributed by atoms with Crippen molar-refractivity contribution >= 4 is 29.1 Å². The van der Waals surface area contributed by atoms with E-state index in [1.54, 1.807) is 39.0 Å². The van der Waals surface area contributed by atoms with E-state index in [2.05, 4.69) is 16.0 Å². The van der Waals surface area contributed by atoms with Crippen LogP contribution in [0.25, 0.3) is 11.1 Å². The fraction of sp³-hybridized carbons (Fsp3) is 0.297. The summed E-state index contributed by atoms with van der Waals surface area (Å²) < 4.78 is 26.1. The predicted octanol–water partition coefficient (Wildman–Crippen LogP) is 8.87. The molecule has 45 heavy (non-hydrogen) atoms. The predicted molar refractivity (Wildman–Crippen MR) is 178 cm³/mol. The van der Waals surface area contributed by atoms with E-state index in [-0.39, 0.29) is 18.1 Å². The molecular formula is C37H42FN3O4. The Morgan fingerprint density at radius 1 is 0.756 bits per heavy atom. The number of nitrogens with one attached hydrogen (secondary N) is 3. The number of carbonyl (C=O) groups is 2. The van der Waals surface area contributed by atoms with Crippen molar-refractivity contribution in [3.05, 3.63) is 114 Å². The van der Waals surface area contributed by atoms with Crippen LogP contribution in [0.5, 0.6) is 0 Å². The van der Waals surface area contributed by atoms with Crippen molar-refractivity contribution in [1.82, 2.24) is 5.32 Å². The van der Waals surface area contributed by atoms with E-state index in [9.17, 15) is 14.0 Å². The van der Waals surface area contributed by atoms with Crippen LogP contribution in [0.4, 0.5) is 26.2 Å². The van der Waals surface area contributed by atoms with E-state index in [0.717, 1.165) is 11.3 Å². The van der Waals surface area contributed by atoms with Crippen LogP contribution in [0.3, 0.4) is 0 Å². The second-order valence-corrected chi connectivity index (χ2v) is 12.8. The van der Waals surface area contributed by atoms with Gasteiger partial charge in [0.2, 0.25) is 0 Å². The molecule has 0 saturated heterocycles. The second kappa shape index (κ2) is 14.4. The van der Waals surface area contributed by atoms with Crippen LogP contribution in [0, 0.1) is 5.82 Å². The van der Waals surface area contributed by atoms with E-state index in [0.29, 0.717) is 46.7 Å². The molecule has 0 unspecified atom stereocenters. The number of benzene rings is 4. The maximum absolute atomic E-state index is 14.9. The Morgan fingerprint density at radius 2 is 1.44 bits per heavy atom. The Labute approximate surface area is 265 Å². The molecule has 4 rings (SSSR count). The quantitative estimate of drug-likeness (QED) is 0.167. The fourth-order valence-electron chi connectivity index (χ4n) is 4.62. The minimum atomic E-state index is -0.652. The molecule has 0 atom stereocenters. The lowest BCUT2D eigenvalue weighted by Crippen LogP contribution is -2.32. The Kier molecular flexibility index (Phi) is 10.6. The molecule has 3 N–H and O–H groups in total. The van der Waals surface area contributed by atoms with Gasteiger partial charge in [-0.25, -0.2) is 9.18 Å². The molecule has 4 aromatic carbocycles. The molecule has 2 amide bonds. The summed E-state index contributed by atoms with van der Waals surface area (Å²) in [5.74, 6) is -0.771. The highest BCUT2D eigenvalue weighted by Crippen LogP contribution is 2.29. The summed E-state index contributed by atoms with van der Waals surface area (Å²) in [6.07, 6.45) is 0.0457. The lowest BCUT2D eigenvalue weighted by molar-refractivity contribution is -0.000954. The number of carbonyl (C=O) groups excluding carboxylic acids is 2. The Bertz CT molecular complexity index is 1630. The van der Waals surface area contributed by atoms with Crippen molar-refractivity contribution in [3.63, 3.8) is 0 Å². The van der Waals surface area contributed by atoms with Crippen LogP contribution in [-0.4, -0.2) is 29.8 Å². The number of anilines is 3. The minimum Gasteiger partial charge on any atom is -0.444 e. The summed E-state index contributed by atoms with van der Waals surface area (Å²) in [5, 5.41) is 9.09. The van der Waals surface area contributed by atoms with E-state index >= 15 is 0 Å². The number of halogens is 1. The van der Waals surface area contributed by atoms with Gasteiger partial charge in [0.15, 0.2) is 0 Å². The molecule has 0 bridgehead atoms. The van der Waals surface area contributed by atoms with Crippen LogP contribution in [0.15, 0.2) is 91.0 Å². The molecule has 0 aliphatic carbocycles. The van der Waals surface area contributed by atoms with E-state index < -0.39 is 17.5 Å². The molecule has 0 aromatic heterocycles. The highest BCUT2D eigenvalue weighted by molar-refractivity contribution is 6.06. The molecule has 0 radical (unpaired) electrons.